The number of fused-ring (bicyclic) bond motifs is 1. The summed E-state index contributed by atoms with van der Waals surface area (Å²) >= 11 is 0. The van der Waals surface area contributed by atoms with Crippen molar-refractivity contribution in [2.45, 2.75) is 18.7 Å². The molecule has 0 aliphatic rings. The summed E-state index contributed by atoms with van der Waals surface area (Å²) in [5.74, 6) is 0.348. The Morgan fingerprint density at radius 1 is 1.10 bits per heavy atom. The van der Waals surface area contributed by atoms with Crippen molar-refractivity contribution >= 4 is 33.0 Å². The number of hydrogen-bond acceptors (Lipinski definition) is 6. The first-order chi connectivity index (χ1) is 13.6. The van der Waals surface area contributed by atoms with E-state index in [4.69, 9.17) is 9.47 Å². The quantitative estimate of drug-likeness (QED) is 0.593. The largest absolute Gasteiger partial charge is 0.497 e. The van der Waals surface area contributed by atoms with Gasteiger partial charge in [-0.1, -0.05) is 0 Å². The summed E-state index contributed by atoms with van der Waals surface area (Å²) in [7, 11) is 2.15. The minimum atomic E-state index is -3.88. The standard InChI is InChI=1S/C20H23N3O5S/c1-12-9-15(27-5)10-13(2)18(12)29(25,26)23(4)20-21-16-11-14(19(24)28-6)7-8-17(16)22(20)3/h7-11H,1-6H3. The Hall–Kier alpha value is -3.07. The maximum absolute atomic E-state index is 13.4. The number of anilines is 1. The molecule has 0 atom stereocenters. The number of benzene rings is 2. The Morgan fingerprint density at radius 3 is 2.28 bits per heavy atom. The molecule has 3 aromatic rings. The number of rotatable bonds is 5. The van der Waals surface area contributed by atoms with Crippen LogP contribution in [-0.2, 0) is 21.8 Å². The first-order valence-corrected chi connectivity index (χ1v) is 10.2. The first-order valence-electron chi connectivity index (χ1n) is 8.80. The Balaban J connectivity index is 2.12. The molecule has 0 aliphatic carbocycles. The molecule has 8 nitrogen and oxygen atoms in total. The number of imidazole rings is 1. The lowest BCUT2D eigenvalue weighted by atomic mass is 10.1. The molecule has 1 heterocycles. The van der Waals surface area contributed by atoms with Crippen LogP contribution in [0.25, 0.3) is 11.0 Å². The lowest BCUT2D eigenvalue weighted by Crippen LogP contribution is -2.30. The van der Waals surface area contributed by atoms with Crippen LogP contribution in [0.1, 0.15) is 21.5 Å². The molecule has 29 heavy (non-hydrogen) atoms. The van der Waals surface area contributed by atoms with E-state index in [9.17, 15) is 13.2 Å². The van der Waals surface area contributed by atoms with Crippen LogP contribution in [0.5, 0.6) is 5.75 Å². The molecule has 0 aliphatic heterocycles. The third-order valence-corrected chi connectivity index (χ3v) is 6.89. The molecular formula is C20H23N3O5S. The van der Waals surface area contributed by atoms with Gasteiger partial charge in [0.2, 0.25) is 5.95 Å². The molecule has 1 aromatic heterocycles. The number of nitrogens with zero attached hydrogens (tertiary/aromatic N) is 3. The van der Waals surface area contributed by atoms with Crippen molar-refractivity contribution in [1.82, 2.24) is 9.55 Å². The van der Waals surface area contributed by atoms with Crippen molar-refractivity contribution < 1.29 is 22.7 Å². The molecule has 0 spiro atoms. The van der Waals surface area contributed by atoms with Gasteiger partial charge in [0.25, 0.3) is 10.0 Å². The molecule has 0 saturated heterocycles. The molecule has 0 bridgehead atoms. The van der Waals surface area contributed by atoms with Crippen molar-refractivity contribution in [2.24, 2.45) is 7.05 Å². The Kier molecular flexibility index (Phi) is 5.27. The fourth-order valence-electron chi connectivity index (χ4n) is 3.39. The predicted molar refractivity (Wildman–Crippen MR) is 110 cm³/mol. The number of methoxy groups -OCH3 is 2. The van der Waals surface area contributed by atoms with E-state index >= 15 is 0 Å². The summed E-state index contributed by atoms with van der Waals surface area (Å²) in [4.78, 5) is 16.4. The SMILES string of the molecule is COC(=O)c1ccc2c(c1)nc(N(C)S(=O)(=O)c1c(C)cc(OC)cc1C)n2C. The molecule has 9 heteroatoms. The summed E-state index contributed by atoms with van der Waals surface area (Å²) in [6.07, 6.45) is 0. The summed E-state index contributed by atoms with van der Waals surface area (Å²) in [5.41, 5.74) is 2.70. The van der Waals surface area contributed by atoms with Gasteiger partial charge in [-0.25, -0.2) is 22.5 Å². The second-order valence-electron chi connectivity index (χ2n) is 6.73. The van der Waals surface area contributed by atoms with Crippen molar-refractivity contribution in [3.63, 3.8) is 0 Å². The summed E-state index contributed by atoms with van der Waals surface area (Å²) in [5, 5.41) is 0. The summed E-state index contributed by atoms with van der Waals surface area (Å²) < 4.78 is 39.5. The highest BCUT2D eigenvalue weighted by Crippen LogP contribution is 2.31. The number of carbonyl (C=O) groups is 1. The maximum Gasteiger partial charge on any atom is 0.337 e. The number of aryl methyl sites for hydroxylation is 3. The fraction of sp³-hybridized carbons (Fsp3) is 0.300. The first kappa shape index (κ1) is 20.7. The van der Waals surface area contributed by atoms with Gasteiger partial charge in [-0.3, -0.25) is 0 Å². The average molecular weight is 417 g/mol. The van der Waals surface area contributed by atoms with Gasteiger partial charge in [-0.15, -0.1) is 0 Å². The number of sulfonamides is 1. The van der Waals surface area contributed by atoms with E-state index in [1.54, 1.807) is 55.8 Å². The smallest absolute Gasteiger partial charge is 0.337 e. The number of hydrogen-bond donors (Lipinski definition) is 0. The number of carbonyl (C=O) groups excluding carboxylic acids is 1. The molecule has 0 radical (unpaired) electrons. The number of esters is 1. The highest BCUT2D eigenvalue weighted by atomic mass is 32.2. The monoisotopic (exact) mass is 417 g/mol. The molecule has 0 N–H and O–H groups in total. The predicted octanol–water partition coefficient (Wildman–Crippen LogP) is 2.81. The number of aromatic nitrogens is 2. The zero-order valence-corrected chi connectivity index (χ0v) is 18.0. The Bertz CT molecular complexity index is 1190. The molecule has 2 aromatic carbocycles. The third kappa shape index (κ3) is 3.42. The highest BCUT2D eigenvalue weighted by molar-refractivity contribution is 7.92. The topological polar surface area (TPSA) is 90.7 Å². The van der Waals surface area contributed by atoms with E-state index in [1.165, 1.54) is 21.3 Å². The normalized spacial score (nSPS) is 11.5. The van der Waals surface area contributed by atoms with Gasteiger partial charge in [0, 0.05) is 14.1 Å². The van der Waals surface area contributed by atoms with Gasteiger partial charge in [-0.2, -0.15) is 0 Å². The van der Waals surface area contributed by atoms with Gasteiger partial charge in [-0.05, 0) is 55.3 Å². The average Bonchev–Trinajstić information content (AvgIpc) is 3.01. The molecule has 154 valence electrons. The van der Waals surface area contributed by atoms with E-state index in [0.717, 1.165) is 4.31 Å². The van der Waals surface area contributed by atoms with E-state index < -0.39 is 16.0 Å². The minimum Gasteiger partial charge on any atom is -0.497 e. The molecule has 0 fully saturated rings. The molecule has 3 rings (SSSR count). The minimum absolute atomic E-state index is 0.211. The van der Waals surface area contributed by atoms with Gasteiger partial charge >= 0.3 is 5.97 Å². The molecular weight excluding hydrogens is 394 g/mol. The van der Waals surface area contributed by atoms with Crippen LogP contribution in [0.2, 0.25) is 0 Å². The zero-order valence-electron chi connectivity index (χ0n) is 17.2. The Morgan fingerprint density at radius 2 is 1.72 bits per heavy atom. The lowest BCUT2D eigenvalue weighted by molar-refractivity contribution is 0.0601. The molecule has 0 saturated carbocycles. The van der Waals surface area contributed by atoms with Crippen molar-refractivity contribution in [3.8, 4) is 5.75 Å². The van der Waals surface area contributed by atoms with Crippen molar-refractivity contribution in [2.75, 3.05) is 25.6 Å². The van der Waals surface area contributed by atoms with Crippen LogP contribution in [0.15, 0.2) is 35.2 Å². The van der Waals surface area contributed by atoms with Crippen molar-refractivity contribution in [3.05, 3.63) is 47.0 Å². The van der Waals surface area contributed by atoms with Crippen LogP contribution in [0.4, 0.5) is 5.95 Å². The Labute approximate surface area is 169 Å². The van der Waals surface area contributed by atoms with Crippen molar-refractivity contribution in [1.29, 1.82) is 0 Å². The highest BCUT2D eigenvalue weighted by Gasteiger charge is 2.29. The summed E-state index contributed by atoms with van der Waals surface area (Å²) in [6, 6.07) is 8.28. The third-order valence-electron chi connectivity index (χ3n) is 4.85. The zero-order chi connectivity index (χ0) is 21.5. The lowest BCUT2D eigenvalue weighted by Gasteiger charge is -2.21. The van der Waals surface area contributed by atoms with E-state index in [1.807, 2.05) is 0 Å². The van der Waals surface area contributed by atoms with Gasteiger partial charge in [0.05, 0.1) is 35.7 Å². The van der Waals surface area contributed by atoms with Gasteiger partial charge < -0.3 is 14.0 Å². The van der Waals surface area contributed by atoms with Crippen LogP contribution >= 0.6 is 0 Å². The van der Waals surface area contributed by atoms with Crippen LogP contribution in [0.3, 0.4) is 0 Å². The second kappa shape index (κ2) is 7.40. The maximum atomic E-state index is 13.4. The van der Waals surface area contributed by atoms with E-state index in [-0.39, 0.29) is 10.8 Å². The second-order valence-corrected chi connectivity index (χ2v) is 8.63. The van der Waals surface area contributed by atoms with Crippen LogP contribution in [-0.4, -0.2) is 45.2 Å². The number of ether oxygens (including phenoxy) is 2. The van der Waals surface area contributed by atoms with E-state index in [2.05, 4.69) is 4.98 Å². The molecule has 0 amide bonds. The van der Waals surface area contributed by atoms with Crippen LogP contribution < -0.4 is 9.04 Å². The van der Waals surface area contributed by atoms with Crippen LogP contribution in [0, 0.1) is 13.8 Å². The van der Waals surface area contributed by atoms with Gasteiger partial charge in [0.1, 0.15) is 5.75 Å². The molecule has 0 unspecified atom stereocenters. The van der Waals surface area contributed by atoms with Gasteiger partial charge in [0.15, 0.2) is 0 Å². The van der Waals surface area contributed by atoms with E-state index in [0.29, 0.717) is 33.5 Å². The summed E-state index contributed by atoms with van der Waals surface area (Å²) in [6.45, 7) is 3.46. The fourth-order valence-corrected chi connectivity index (χ4v) is 4.98.